The number of ether oxygens (including phenoxy) is 1. The van der Waals surface area contributed by atoms with Crippen LogP contribution in [0.15, 0.2) is 78.9 Å². The molecule has 0 radical (unpaired) electrons. The Morgan fingerprint density at radius 1 is 0.975 bits per heavy atom. The lowest BCUT2D eigenvalue weighted by atomic mass is 10.0. The summed E-state index contributed by atoms with van der Waals surface area (Å²) in [5.74, 6) is 0.140. The molecule has 0 unspecified atom stereocenters. The summed E-state index contributed by atoms with van der Waals surface area (Å²) in [6.45, 7) is 2.53. The first-order valence-electron chi connectivity index (χ1n) is 13.1. The van der Waals surface area contributed by atoms with Crippen molar-refractivity contribution in [3.8, 4) is 5.75 Å². The number of anilines is 1. The molecule has 10 heteroatoms. The van der Waals surface area contributed by atoms with Crippen molar-refractivity contribution in [1.29, 1.82) is 0 Å². The number of hydrogen-bond acceptors (Lipinski definition) is 5. The minimum atomic E-state index is -3.62. The number of sulfonamides is 1. The molecule has 0 aliphatic carbocycles. The SMILES string of the molecule is CCNC(=O)[C@H](Cc1ccccc1)N(Cc1cccc(OC)c1)C(=O)CCCN(c1cccc(Cl)c1)S(C)(=O)=O. The van der Waals surface area contributed by atoms with Crippen molar-refractivity contribution in [2.45, 2.75) is 38.8 Å². The summed E-state index contributed by atoms with van der Waals surface area (Å²) < 4.78 is 31.7. The van der Waals surface area contributed by atoms with E-state index in [1.54, 1.807) is 36.3 Å². The van der Waals surface area contributed by atoms with Gasteiger partial charge in [-0.2, -0.15) is 0 Å². The van der Waals surface area contributed by atoms with Crippen molar-refractivity contribution in [2.75, 3.05) is 30.8 Å². The molecule has 0 aliphatic heterocycles. The minimum Gasteiger partial charge on any atom is -0.497 e. The van der Waals surface area contributed by atoms with Gasteiger partial charge in [0.25, 0.3) is 0 Å². The standard InChI is InChI=1S/C30H36ClN3O5S/c1-4-32-30(36)28(20-23-11-6-5-7-12-23)33(22-24-13-8-16-27(19-24)39-2)29(35)17-10-18-34(40(3,37)38)26-15-9-14-25(31)21-26/h5-9,11-16,19,21,28H,4,10,17-18,20,22H2,1-3H3,(H,32,36)/t28-/m0/s1. The molecule has 40 heavy (non-hydrogen) atoms. The van der Waals surface area contributed by atoms with Crippen LogP contribution < -0.4 is 14.4 Å². The van der Waals surface area contributed by atoms with Crippen LogP contribution in [0.1, 0.15) is 30.9 Å². The number of methoxy groups -OCH3 is 1. The van der Waals surface area contributed by atoms with E-state index in [1.807, 2.05) is 61.5 Å². The first-order chi connectivity index (χ1) is 19.1. The number of amides is 2. The molecule has 0 saturated heterocycles. The van der Waals surface area contributed by atoms with Gasteiger partial charge >= 0.3 is 0 Å². The van der Waals surface area contributed by atoms with Gasteiger partial charge < -0.3 is 15.0 Å². The van der Waals surface area contributed by atoms with E-state index in [4.69, 9.17) is 16.3 Å². The molecule has 1 atom stereocenters. The molecule has 3 aromatic carbocycles. The molecule has 2 amide bonds. The van der Waals surface area contributed by atoms with E-state index in [0.717, 1.165) is 17.4 Å². The van der Waals surface area contributed by atoms with E-state index in [0.29, 0.717) is 29.4 Å². The molecule has 0 heterocycles. The van der Waals surface area contributed by atoms with Crippen LogP contribution in [0.5, 0.6) is 5.75 Å². The van der Waals surface area contributed by atoms with Gasteiger partial charge in [-0.1, -0.05) is 60.1 Å². The lowest BCUT2D eigenvalue weighted by Crippen LogP contribution is -2.50. The fourth-order valence-corrected chi connectivity index (χ4v) is 5.59. The number of likely N-dealkylation sites (N-methyl/N-ethyl adjacent to an activating group) is 1. The average Bonchev–Trinajstić information content (AvgIpc) is 2.93. The third-order valence-corrected chi connectivity index (χ3v) is 7.79. The smallest absolute Gasteiger partial charge is 0.243 e. The number of nitrogens with zero attached hydrogens (tertiary/aromatic N) is 2. The van der Waals surface area contributed by atoms with E-state index in [9.17, 15) is 18.0 Å². The highest BCUT2D eigenvalue weighted by Gasteiger charge is 2.30. The van der Waals surface area contributed by atoms with Crippen molar-refractivity contribution in [1.82, 2.24) is 10.2 Å². The molecule has 0 aliphatic rings. The van der Waals surface area contributed by atoms with Gasteiger partial charge in [0, 0.05) is 37.5 Å². The van der Waals surface area contributed by atoms with Gasteiger partial charge in [-0.05, 0) is 54.8 Å². The number of benzene rings is 3. The molecular weight excluding hydrogens is 550 g/mol. The maximum Gasteiger partial charge on any atom is 0.243 e. The first kappa shape index (κ1) is 31.0. The number of hydrogen-bond donors (Lipinski definition) is 1. The predicted octanol–water partition coefficient (Wildman–Crippen LogP) is 4.67. The van der Waals surface area contributed by atoms with Gasteiger partial charge in [0.05, 0.1) is 19.1 Å². The van der Waals surface area contributed by atoms with Gasteiger partial charge in [-0.15, -0.1) is 0 Å². The van der Waals surface area contributed by atoms with Crippen LogP contribution in [0.2, 0.25) is 5.02 Å². The highest BCUT2D eigenvalue weighted by Crippen LogP contribution is 2.23. The van der Waals surface area contributed by atoms with Crippen molar-refractivity contribution in [2.24, 2.45) is 0 Å². The molecule has 0 spiro atoms. The zero-order valence-electron chi connectivity index (χ0n) is 23.0. The molecule has 0 bridgehead atoms. The van der Waals surface area contributed by atoms with Crippen LogP contribution in [0, 0.1) is 0 Å². The Morgan fingerprint density at radius 2 is 1.68 bits per heavy atom. The second-order valence-corrected chi connectivity index (χ2v) is 11.7. The largest absolute Gasteiger partial charge is 0.497 e. The monoisotopic (exact) mass is 585 g/mol. The van der Waals surface area contributed by atoms with Crippen LogP contribution in [0.25, 0.3) is 0 Å². The quantitative estimate of drug-likeness (QED) is 0.297. The number of carbonyl (C=O) groups is 2. The summed E-state index contributed by atoms with van der Waals surface area (Å²) in [5.41, 5.74) is 2.16. The lowest BCUT2D eigenvalue weighted by Gasteiger charge is -2.32. The van der Waals surface area contributed by atoms with Crippen LogP contribution in [0.3, 0.4) is 0 Å². The Morgan fingerprint density at radius 3 is 2.33 bits per heavy atom. The average molecular weight is 586 g/mol. The number of carbonyl (C=O) groups excluding carboxylic acids is 2. The third kappa shape index (κ3) is 8.99. The molecule has 8 nitrogen and oxygen atoms in total. The molecule has 0 saturated carbocycles. The van der Waals surface area contributed by atoms with E-state index >= 15 is 0 Å². The second-order valence-electron chi connectivity index (χ2n) is 9.39. The molecule has 1 N–H and O–H groups in total. The zero-order valence-corrected chi connectivity index (χ0v) is 24.6. The van der Waals surface area contributed by atoms with Gasteiger partial charge in [0.1, 0.15) is 11.8 Å². The second kappa shape index (κ2) is 14.7. The highest BCUT2D eigenvalue weighted by molar-refractivity contribution is 7.92. The Labute approximate surface area is 241 Å². The molecule has 0 aromatic heterocycles. The maximum atomic E-state index is 13.8. The highest BCUT2D eigenvalue weighted by atomic mass is 35.5. The van der Waals surface area contributed by atoms with Crippen LogP contribution in [0.4, 0.5) is 5.69 Å². The van der Waals surface area contributed by atoms with Crippen molar-refractivity contribution in [3.63, 3.8) is 0 Å². The third-order valence-electron chi connectivity index (χ3n) is 6.36. The number of halogens is 1. The van der Waals surface area contributed by atoms with Crippen molar-refractivity contribution in [3.05, 3.63) is 95.0 Å². The Bertz CT molecular complexity index is 1380. The predicted molar refractivity (Wildman–Crippen MR) is 159 cm³/mol. The topological polar surface area (TPSA) is 96.0 Å². The fourth-order valence-electron chi connectivity index (χ4n) is 4.45. The number of rotatable bonds is 14. The molecular formula is C30H36ClN3O5S. The van der Waals surface area contributed by atoms with Gasteiger partial charge in [-0.25, -0.2) is 8.42 Å². The van der Waals surface area contributed by atoms with Crippen molar-refractivity contribution >= 4 is 39.1 Å². The molecule has 3 aromatic rings. The van der Waals surface area contributed by atoms with E-state index < -0.39 is 16.1 Å². The van der Waals surface area contributed by atoms with Crippen LogP contribution in [-0.2, 0) is 32.6 Å². The summed E-state index contributed by atoms with van der Waals surface area (Å²) in [7, 11) is -2.04. The normalized spacial score (nSPS) is 11.9. The van der Waals surface area contributed by atoms with Gasteiger partial charge in [-0.3, -0.25) is 13.9 Å². The molecule has 0 fully saturated rings. The summed E-state index contributed by atoms with van der Waals surface area (Å²) in [6, 6.07) is 22.7. The first-order valence-corrected chi connectivity index (χ1v) is 15.3. The molecule has 3 rings (SSSR count). The Kier molecular flexibility index (Phi) is 11.4. The zero-order chi connectivity index (χ0) is 29.1. The maximum absolute atomic E-state index is 13.8. The lowest BCUT2D eigenvalue weighted by molar-refractivity contribution is -0.141. The minimum absolute atomic E-state index is 0.0429. The fraction of sp³-hybridized carbons (Fsp3) is 0.333. The number of nitrogens with one attached hydrogen (secondary N) is 1. The Balaban J connectivity index is 1.88. The van der Waals surface area contributed by atoms with Crippen LogP contribution >= 0.6 is 11.6 Å². The van der Waals surface area contributed by atoms with Crippen LogP contribution in [-0.4, -0.2) is 57.6 Å². The molecule has 214 valence electrons. The van der Waals surface area contributed by atoms with Crippen molar-refractivity contribution < 1.29 is 22.7 Å². The summed E-state index contributed by atoms with van der Waals surface area (Å²) in [6.07, 6.45) is 1.75. The summed E-state index contributed by atoms with van der Waals surface area (Å²) >= 11 is 6.09. The Hall–Kier alpha value is -3.56. The van der Waals surface area contributed by atoms with E-state index in [2.05, 4.69) is 5.32 Å². The van der Waals surface area contributed by atoms with Gasteiger partial charge in [0.15, 0.2) is 0 Å². The summed E-state index contributed by atoms with van der Waals surface area (Å²) in [4.78, 5) is 28.7. The van der Waals surface area contributed by atoms with E-state index in [1.165, 1.54) is 4.31 Å². The van der Waals surface area contributed by atoms with Gasteiger partial charge in [0.2, 0.25) is 21.8 Å². The summed E-state index contributed by atoms with van der Waals surface area (Å²) in [5, 5.41) is 3.29. The van der Waals surface area contributed by atoms with E-state index in [-0.39, 0.29) is 37.7 Å².